The maximum absolute atomic E-state index is 13.7. The number of alkyl halides is 3. The van der Waals surface area contributed by atoms with Crippen LogP contribution in [0.2, 0.25) is 10.0 Å². The fourth-order valence-corrected chi connectivity index (χ4v) is 4.23. The molecule has 0 aliphatic heterocycles. The zero-order valence-electron chi connectivity index (χ0n) is 14.9. The number of amides is 1. The first-order valence-corrected chi connectivity index (χ1v) is 10.2. The number of aromatic nitrogens is 3. The summed E-state index contributed by atoms with van der Waals surface area (Å²) in [4.78, 5) is 11.9. The molecule has 2 aromatic carbocycles. The summed E-state index contributed by atoms with van der Waals surface area (Å²) in [6, 6.07) is 10.2. The highest BCUT2D eigenvalue weighted by atomic mass is 35.5. The van der Waals surface area contributed by atoms with Gasteiger partial charge in [0, 0.05) is 0 Å². The smallest absolute Gasteiger partial charge is 0.266 e. The molecule has 0 spiro atoms. The monoisotopic (exact) mass is 489 g/mol. The third-order valence-electron chi connectivity index (χ3n) is 3.81. The van der Waals surface area contributed by atoms with E-state index in [-0.39, 0.29) is 26.0 Å². The summed E-state index contributed by atoms with van der Waals surface area (Å²) in [5, 5.41) is 14.9. The minimum absolute atomic E-state index is 0.0752. The van der Waals surface area contributed by atoms with Crippen molar-refractivity contribution in [2.45, 2.75) is 11.1 Å². The Morgan fingerprint density at radius 2 is 1.81 bits per heavy atom. The predicted molar refractivity (Wildman–Crippen MR) is 102 cm³/mol. The van der Waals surface area contributed by atoms with E-state index in [1.54, 1.807) is 6.07 Å². The number of rotatable bonds is 4. The fourth-order valence-electron chi connectivity index (χ4n) is 2.49. The van der Waals surface area contributed by atoms with Crippen molar-refractivity contribution in [2.24, 2.45) is 0 Å². The van der Waals surface area contributed by atoms with Gasteiger partial charge < -0.3 is 0 Å². The summed E-state index contributed by atoms with van der Waals surface area (Å²) in [7, 11) is -4.61. The Bertz CT molecular complexity index is 1330. The molecule has 160 valence electrons. The predicted octanol–water partition coefficient (Wildman–Crippen LogP) is 3.58. The van der Waals surface area contributed by atoms with Crippen molar-refractivity contribution in [3.8, 4) is 11.8 Å². The second-order valence-electron chi connectivity index (χ2n) is 5.84. The summed E-state index contributed by atoms with van der Waals surface area (Å²) in [6.45, 7) is 0. The average Bonchev–Trinajstić information content (AvgIpc) is 3.13. The van der Waals surface area contributed by atoms with Crippen LogP contribution in [0.4, 0.5) is 13.2 Å². The topological polar surface area (TPSA) is 118 Å². The number of nitriles is 1. The summed E-state index contributed by atoms with van der Waals surface area (Å²) >= 11 is 11.7. The van der Waals surface area contributed by atoms with Gasteiger partial charge in [0.25, 0.3) is 15.9 Å². The largest absolute Gasteiger partial charge is 0.435 e. The molecule has 0 saturated heterocycles. The van der Waals surface area contributed by atoms with Gasteiger partial charge in [0.15, 0.2) is 11.4 Å². The highest BCUT2D eigenvalue weighted by Crippen LogP contribution is 2.34. The highest BCUT2D eigenvalue weighted by Gasteiger charge is 2.43. The number of hydrogen-bond acceptors (Lipinski definition) is 6. The van der Waals surface area contributed by atoms with Crippen molar-refractivity contribution < 1.29 is 26.4 Å². The zero-order valence-corrected chi connectivity index (χ0v) is 17.2. The van der Waals surface area contributed by atoms with Crippen molar-refractivity contribution in [3.05, 3.63) is 69.5 Å². The second kappa shape index (κ2) is 8.18. The number of nitrogens with one attached hydrogen (secondary N) is 1. The van der Waals surface area contributed by atoms with Crippen molar-refractivity contribution in [3.63, 3.8) is 0 Å². The first kappa shape index (κ1) is 22.5. The normalized spacial score (nSPS) is 11.7. The van der Waals surface area contributed by atoms with E-state index in [0.717, 1.165) is 18.2 Å². The van der Waals surface area contributed by atoms with E-state index in [4.69, 9.17) is 28.5 Å². The summed E-state index contributed by atoms with van der Waals surface area (Å²) < 4.78 is 67.7. The van der Waals surface area contributed by atoms with Gasteiger partial charge >= 0.3 is 6.18 Å². The van der Waals surface area contributed by atoms with E-state index in [0.29, 0.717) is 0 Å². The lowest BCUT2D eigenvalue weighted by Gasteiger charge is -2.12. The van der Waals surface area contributed by atoms with Gasteiger partial charge in [-0.3, -0.25) is 4.79 Å². The molecule has 0 atom stereocenters. The molecule has 0 fully saturated rings. The minimum Gasteiger partial charge on any atom is -0.266 e. The first-order chi connectivity index (χ1) is 14.5. The van der Waals surface area contributed by atoms with Crippen LogP contribution in [0.5, 0.6) is 0 Å². The van der Waals surface area contributed by atoms with Gasteiger partial charge in [0.05, 0.1) is 27.4 Å². The number of carbonyl (C=O) groups excluding carboxylic acids is 1. The molecular formula is C17H8Cl2F3N5O3S. The van der Waals surface area contributed by atoms with E-state index in [1.807, 2.05) is 0 Å². The van der Waals surface area contributed by atoms with Crippen LogP contribution in [0.25, 0.3) is 5.69 Å². The Labute approximate surface area is 182 Å². The van der Waals surface area contributed by atoms with Crippen molar-refractivity contribution in [2.75, 3.05) is 0 Å². The molecule has 0 bridgehead atoms. The van der Waals surface area contributed by atoms with Crippen LogP contribution in [0, 0.1) is 11.3 Å². The molecule has 3 aromatic rings. The zero-order chi connectivity index (χ0) is 23.0. The summed E-state index contributed by atoms with van der Waals surface area (Å²) in [6.07, 6.45) is -5.17. The molecule has 1 aromatic heterocycles. The van der Waals surface area contributed by atoms with E-state index in [2.05, 4.69) is 10.3 Å². The molecular weight excluding hydrogens is 482 g/mol. The fraction of sp³-hybridized carbons (Fsp3) is 0.0588. The summed E-state index contributed by atoms with van der Waals surface area (Å²) in [5.41, 5.74) is -3.21. The molecule has 8 nitrogen and oxygen atoms in total. The maximum atomic E-state index is 13.7. The van der Waals surface area contributed by atoms with Crippen molar-refractivity contribution in [1.29, 1.82) is 5.26 Å². The molecule has 1 heterocycles. The Kier molecular flexibility index (Phi) is 5.95. The van der Waals surface area contributed by atoms with Crippen molar-refractivity contribution >= 4 is 39.1 Å². The van der Waals surface area contributed by atoms with Crippen LogP contribution in [0.3, 0.4) is 0 Å². The van der Waals surface area contributed by atoms with Gasteiger partial charge in [0.1, 0.15) is 4.90 Å². The van der Waals surface area contributed by atoms with E-state index in [1.165, 1.54) is 29.0 Å². The van der Waals surface area contributed by atoms with Crippen LogP contribution >= 0.6 is 23.2 Å². The number of halogens is 5. The Morgan fingerprint density at radius 1 is 1.13 bits per heavy atom. The van der Waals surface area contributed by atoms with E-state index < -0.39 is 38.4 Å². The lowest BCUT2D eigenvalue weighted by atomic mass is 10.2. The van der Waals surface area contributed by atoms with Crippen LogP contribution in [-0.4, -0.2) is 29.3 Å². The van der Waals surface area contributed by atoms with E-state index in [9.17, 15) is 26.4 Å². The van der Waals surface area contributed by atoms with E-state index >= 15 is 0 Å². The van der Waals surface area contributed by atoms with Gasteiger partial charge in [-0.05, 0) is 30.3 Å². The number of hydrogen-bond donors (Lipinski definition) is 1. The number of nitrogens with zero attached hydrogens (tertiary/aromatic N) is 4. The van der Waals surface area contributed by atoms with Crippen LogP contribution in [0.15, 0.2) is 47.4 Å². The average molecular weight is 490 g/mol. The maximum Gasteiger partial charge on any atom is 0.435 e. The highest BCUT2D eigenvalue weighted by molar-refractivity contribution is 7.90. The molecule has 1 N–H and O–H groups in total. The quantitative estimate of drug-likeness (QED) is 0.598. The van der Waals surface area contributed by atoms with Crippen LogP contribution in [-0.2, 0) is 16.2 Å². The third-order valence-corrected chi connectivity index (χ3v) is 5.95. The van der Waals surface area contributed by atoms with Crippen molar-refractivity contribution in [1.82, 2.24) is 19.7 Å². The number of sulfonamides is 1. The lowest BCUT2D eigenvalue weighted by molar-refractivity contribution is -0.143. The van der Waals surface area contributed by atoms with Crippen LogP contribution < -0.4 is 4.72 Å². The first-order valence-electron chi connectivity index (χ1n) is 8.00. The van der Waals surface area contributed by atoms with Gasteiger partial charge in [-0.25, -0.2) is 17.8 Å². The number of benzene rings is 2. The molecule has 14 heteroatoms. The molecule has 1 amide bonds. The second-order valence-corrected chi connectivity index (χ2v) is 8.30. The third kappa shape index (κ3) is 4.48. The molecule has 0 aliphatic rings. The van der Waals surface area contributed by atoms with Gasteiger partial charge in [-0.15, -0.1) is 5.10 Å². The molecule has 0 saturated carbocycles. The molecule has 0 aliphatic carbocycles. The minimum atomic E-state index is -5.17. The number of carbonyl (C=O) groups is 1. The standard InChI is InChI=1S/C17H8Cl2F3N5O3S/c18-10-3-1-2-4-13(10)31(29,30)25-16(28)14-15(17(20,21)22)27(26-24-14)12-6-5-9(8-23)7-11(12)19/h1-7H,(H,25,28). The molecule has 31 heavy (non-hydrogen) atoms. The van der Waals surface area contributed by atoms with Gasteiger partial charge in [-0.1, -0.05) is 40.5 Å². The lowest BCUT2D eigenvalue weighted by Crippen LogP contribution is -2.33. The van der Waals surface area contributed by atoms with Gasteiger partial charge in [0.2, 0.25) is 0 Å². The van der Waals surface area contributed by atoms with Gasteiger partial charge in [-0.2, -0.15) is 18.4 Å². The Morgan fingerprint density at radius 3 is 2.39 bits per heavy atom. The SMILES string of the molecule is N#Cc1ccc(-n2nnc(C(=O)NS(=O)(=O)c3ccccc3Cl)c2C(F)(F)F)c(Cl)c1. The Balaban J connectivity index is 2.08. The molecule has 0 radical (unpaired) electrons. The Hall–Kier alpha value is -3.14. The molecule has 0 unspecified atom stereocenters. The summed E-state index contributed by atoms with van der Waals surface area (Å²) in [5.74, 6) is -1.68. The van der Waals surface area contributed by atoms with Crippen LogP contribution in [0.1, 0.15) is 21.7 Å². The molecule has 3 rings (SSSR count).